The summed E-state index contributed by atoms with van der Waals surface area (Å²) >= 11 is 0. The predicted octanol–water partition coefficient (Wildman–Crippen LogP) is 4.00. The molecule has 0 radical (unpaired) electrons. The Hall–Kier alpha value is -2.60. The number of aromatic nitrogens is 1. The number of H-pyrrole nitrogens is 1. The number of hydrogen-bond donors (Lipinski definition) is 2. The third-order valence-corrected chi connectivity index (χ3v) is 8.08. The summed E-state index contributed by atoms with van der Waals surface area (Å²) < 4.78 is 59.6. The van der Waals surface area contributed by atoms with Gasteiger partial charge < -0.3 is 9.72 Å². The number of nitrogens with one attached hydrogen (secondary N) is 2. The van der Waals surface area contributed by atoms with Gasteiger partial charge in [-0.15, -0.1) is 0 Å². The first-order valence-electron chi connectivity index (χ1n) is 12.0. The van der Waals surface area contributed by atoms with Crippen LogP contribution in [0.3, 0.4) is 0 Å². The summed E-state index contributed by atoms with van der Waals surface area (Å²) in [5, 5.41) is 0. The minimum atomic E-state index is -4.26. The molecule has 0 spiro atoms. The van der Waals surface area contributed by atoms with E-state index in [1.807, 2.05) is 6.92 Å². The van der Waals surface area contributed by atoms with Gasteiger partial charge in [0.15, 0.2) is 11.9 Å². The van der Waals surface area contributed by atoms with Crippen LogP contribution in [0.25, 0.3) is 11.6 Å². The van der Waals surface area contributed by atoms with Gasteiger partial charge in [-0.1, -0.05) is 24.6 Å². The number of hydrogen-bond acceptors (Lipinski definition) is 2. The maximum Gasteiger partial charge on any atom is 0.395 e. The smallest absolute Gasteiger partial charge is 0.395 e. The van der Waals surface area contributed by atoms with Gasteiger partial charge in [-0.3, -0.25) is 4.79 Å². The summed E-state index contributed by atoms with van der Waals surface area (Å²) in [5.41, 5.74) is 1.94. The minimum absolute atomic E-state index is 0.0300. The zero-order valence-corrected chi connectivity index (χ0v) is 18.9. The molecule has 0 bridgehead atoms. The van der Waals surface area contributed by atoms with Crippen LogP contribution >= 0.6 is 0 Å². The van der Waals surface area contributed by atoms with Crippen LogP contribution in [0.2, 0.25) is 0 Å². The van der Waals surface area contributed by atoms with Gasteiger partial charge >= 0.3 is 12.1 Å². The Kier molecular flexibility index (Phi) is 6.05. The Morgan fingerprint density at radius 2 is 2.06 bits per heavy atom. The number of cyclic esters (lactones) is 1. The van der Waals surface area contributed by atoms with E-state index in [0.717, 1.165) is 12.8 Å². The number of halogens is 4. The molecule has 182 valence electrons. The van der Waals surface area contributed by atoms with E-state index in [4.69, 9.17) is 4.74 Å². The number of aromatic amines is 1. The first-order chi connectivity index (χ1) is 16.2. The maximum atomic E-state index is 14.7. The van der Waals surface area contributed by atoms with Crippen molar-refractivity contribution in [3.05, 3.63) is 41.7 Å². The molecule has 0 amide bonds. The van der Waals surface area contributed by atoms with Crippen LogP contribution in [0.4, 0.5) is 17.6 Å². The minimum Gasteiger partial charge on any atom is -0.462 e. The summed E-state index contributed by atoms with van der Waals surface area (Å²) in [6.45, 7) is 1.90. The first-order valence-corrected chi connectivity index (χ1v) is 12.0. The van der Waals surface area contributed by atoms with Crippen molar-refractivity contribution in [2.24, 2.45) is 29.6 Å². The van der Waals surface area contributed by atoms with Gasteiger partial charge in [0, 0.05) is 17.5 Å². The Morgan fingerprint density at radius 3 is 2.85 bits per heavy atom. The number of fused-ring (bicyclic) bond motifs is 2. The fourth-order valence-corrected chi connectivity index (χ4v) is 6.43. The lowest BCUT2D eigenvalue weighted by molar-refractivity contribution is -0.529. The Labute approximate surface area is 195 Å². The molecule has 2 heterocycles. The quantitative estimate of drug-likeness (QED) is 0.393. The number of allylic oxidation sites excluding steroid dienone is 4. The third-order valence-electron chi connectivity index (χ3n) is 8.08. The lowest BCUT2D eigenvalue weighted by atomic mass is 9.60. The third kappa shape index (κ3) is 4.28. The summed E-state index contributed by atoms with van der Waals surface area (Å²) in [5.74, 6) is 1.03. The van der Waals surface area contributed by atoms with Gasteiger partial charge in [0.05, 0.1) is 29.5 Å². The monoisotopic (exact) mass is 477 g/mol. The molecule has 7 unspecified atom stereocenters. The van der Waals surface area contributed by atoms with Gasteiger partial charge in [-0.25, -0.2) is 4.39 Å². The van der Waals surface area contributed by atoms with Crippen molar-refractivity contribution in [2.45, 2.75) is 63.5 Å². The summed E-state index contributed by atoms with van der Waals surface area (Å²) in [7, 11) is 0. The highest BCUT2D eigenvalue weighted by Crippen LogP contribution is 2.49. The fourth-order valence-electron chi connectivity index (χ4n) is 6.43. The van der Waals surface area contributed by atoms with Crippen molar-refractivity contribution in [1.29, 1.82) is 0 Å². The number of ether oxygens (including phenoxy) is 1. The fraction of sp³-hybridized carbons (Fsp3) is 0.577. The normalized spacial score (nSPS) is 37.2. The molecule has 1 aliphatic heterocycles. The van der Waals surface area contributed by atoms with Crippen molar-refractivity contribution in [1.82, 2.24) is 4.98 Å². The van der Waals surface area contributed by atoms with Crippen molar-refractivity contribution < 1.29 is 32.1 Å². The van der Waals surface area contributed by atoms with Crippen LogP contribution in [-0.2, 0) is 9.53 Å². The molecule has 4 aliphatic rings. The van der Waals surface area contributed by atoms with Crippen molar-refractivity contribution in [2.75, 3.05) is 0 Å². The highest BCUT2D eigenvalue weighted by atomic mass is 19.4. The Morgan fingerprint density at radius 1 is 1.24 bits per heavy atom. The molecule has 2 N–H and O–H groups in total. The van der Waals surface area contributed by atoms with E-state index in [-0.39, 0.29) is 48.2 Å². The van der Waals surface area contributed by atoms with Crippen molar-refractivity contribution in [3.8, 4) is 0 Å². The zero-order chi connectivity index (χ0) is 24.0. The largest absolute Gasteiger partial charge is 0.462 e. The summed E-state index contributed by atoms with van der Waals surface area (Å²) in [6.07, 6.45) is 3.36. The van der Waals surface area contributed by atoms with E-state index < -0.39 is 18.3 Å². The maximum absolute atomic E-state index is 14.7. The van der Waals surface area contributed by atoms with Gasteiger partial charge in [-0.05, 0) is 50.3 Å². The SMILES string of the molecule is CC1OC(=O)C2C[C@@H]3C(F)CCCC3C([NH+]=C=Cc3ccc(C4=CC=CC(C(F)(F)F)C4)[nH]3)C12. The second-order valence-electron chi connectivity index (χ2n) is 10.1. The highest BCUT2D eigenvalue weighted by Gasteiger charge is 2.59. The molecule has 1 aromatic rings. The summed E-state index contributed by atoms with van der Waals surface area (Å²) in [6, 6.07) is 3.44. The molecule has 8 heteroatoms. The summed E-state index contributed by atoms with van der Waals surface area (Å²) in [4.78, 5) is 18.9. The number of alkyl halides is 4. The van der Waals surface area contributed by atoms with Crippen LogP contribution in [0.1, 0.15) is 50.4 Å². The average Bonchev–Trinajstić information content (AvgIpc) is 3.38. The van der Waals surface area contributed by atoms with Gasteiger partial charge in [0.25, 0.3) is 0 Å². The van der Waals surface area contributed by atoms with Crippen LogP contribution in [0.15, 0.2) is 30.4 Å². The second kappa shape index (κ2) is 8.88. The molecule has 3 aliphatic carbocycles. The second-order valence-corrected chi connectivity index (χ2v) is 10.1. The van der Waals surface area contributed by atoms with Gasteiger partial charge in [0.1, 0.15) is 12.3 Å². The van der Waals surface area contributed by atoms with Crippen molar-refractivity contribution in [3.63, 3.8) is 0 Å². The first kappa shape index (κ1) is 23.2. The van der Waals surface area contributed by atoms with Crippen LogP contribution in [0.5, 0.6) is 0 Å². The molecule has 1 saturated heterocycles. The molecule has 8 atom stereocenters. The Bertz CT molecular complexity index is 1070. The number of carbonyl (C=O) groups is 1. The molecule has 3 fully saturated rings. The van der Waals surface area contributed by atoms with E-state index in [1.54, 1.807) is 24.3 Å². The van der Waals surface area contributed by atoms with Crippen LogP contribution < -0.4 is 4.99 Å². The number of esters is 1. The van der Waals surface area contributed by atoms with E-state index in [0.29, 0.717) is 29.8 Å². The molecule has 34 heavy (non-hydrogen) atoms. The topological polar surface area (TPSA) is 56.1 Å². The molecule has 4 nitrogen and oxygen atoms in total. The lowest BCUT2D eigenvalue weighted by Crippen LogP contribution is -2.83. The predicted molar refractivity (Wildman–Crippen MR) is 119 cm³/mol. The molecule has 0 aromatic carbocycles. The zero-order valence-electron chi connectivity index (χ0n) is 18.9. The van der Waals surface area contributed by atoms with Gasteiger partial charge in [-0.2, -0.15) is 18.2 Å². The molecular weight excluding hydrogens is 448 g/mol. The highest BCUT2D eigenvalue weighted by molar-refractivity contribution is 5.76. The van der Waals surface area contributed by atoms with Gasteiger partial charge in [0.2, 0.25) is 0 Å². The number of carbonyl (C=O) groups excluding carboxylic acids is 1. The lowest BCUT2D eigenvalue weighted by Gasteiger charge is -2.43. The van der Waals surface area contributed by atoms with Crippen LogP contribution in [-0.4, -0.2) is 41.3 Å². The molecule has 5 rings (SSSR count). The number of rotatable bonds is 3. The van der Waals surface area contributed by atoms with Crippen molar-refractivity contribution >= 4 is 23.5 Å². The average molecular weight is 478 g/mol. The van der Waals surface area contributed by atoms with E-state index in [9.17, 15) is 22.4 Å². The Balaban J connectivity index is 1.36. The van der Waals surface area contributed by atoms with E-state index >= 15 is 0 Å². The van der Waals surface area contributed by atoms with E-state index in [1.165, 1.54) is 12.2 Å². The van der Waals surface area contributed by atoms with Crippen LogP contribution in [0, 0.1) is 29.6 Å². The molecule has 2 saturated carbocycles. The molecule has 1 aromatic heterocycles. The molecular formula is C26H29F4N2O2+. The van der Waals surface area contributed by atoms with E-state index in [2.05, 4.69) is 15.8 Å². The standard InChI is InChI=1S/C26H28F4N2O2/c1-14-23-20(25(33)34-14)13-19-18(6-3-7-21(19)27)24(23)31-11-10-17-8-9-22(32-17)15-4-2-5-16(12-15)26(28,29)30/h2,4-5,8-10,14,16,18-21,23-24,32H,3,6-7,12-13H2,1H3/p+1/t14?,16?,18?,19-,20?,21?,23?,24?/m0/s1.